The van der Waals surface area contributed by atoms with E-state index in [9.17, 15) is 14.4 Å². The molecule has 1 atom stereocenters. The third-order valence-corrected chi connectivity index (χ3v) is 4.75. The molecule has 2 aromatic carbocycles. The maximum atomic E-state index is 13.0. The summed E-state index contributed by atoms with van der Waals surface area (Å²) in [5, 5.41) is 6.97. The van der Waals surface area contributed by atoms with E-state index in [1.807, 2.05) is 19.1 Å². The highest BCUT2D eigenvalue weighted by Crippen LogP contribution is 2.26. The van der Waals surface area contributed by atoms with Gasteiger partial charge in [0.1, 0.15) is 11.6 Å². The van der Waals surface area contributed by atoms with Crippen LogP contribution < -0.4 is 11.1 Å². The van der Waals surface area contributed by atoms with Gasteiger partial charge in [-0.15, -0.1) is 0 Å². The maximum absolute atomic E-state index is 13.0. The van der Waals surface area contributed by atoms with Crippen molar-refractivity contribution in [2.45, 2.75) is 26.3 Å². The summed E-state index contributed by atoms with van der Waals surface area (Å²) in [4.78, 5) is 37.0. The fraction of sp³-hybridized carbons (Fsp3) is 0.182. The molecule has 0 radical (unpaired) electrons. The van der Waals surface area contributed by atoms with Gasteiger partial charge in [-0.25, -0.2) is 0 Å². The molecule has 8 heteroatoms. The van der Waals surface area contributed by atoms with Crippen molar-refractivity contribution < 1.29 is 18.9 Å². The molecule has 3 aromatic rings. The van der Waals surface area contributed by atoms with Crippen LogP contribution in [0.25, 0.3) is 11.3 Å². The first-order valence-electron chi connectivity index (χ1n) is 9.18. The van der Waals surface area contributed by atoms with Crippen molar-refractivity contribution in [3.05, 3.63) is 75.9 Å². The molecular formula is C22H20ClN3O4. The second-order valence-corrected chi connectivity index (χ2v) is 7.37. The number of ketones is 1. The highest BCUT2D eigenvalue weighted by molar-refractivity contribution is 6.38. The number of carbonyl (C=O) groups excluding carboxylic acids is 3. The van der Waals surface area contributed by atoms with Crippen LogP contribution in [-0.2, 0) is 16.0 Å². The minimum atomic E-state index is -1.16. The number of aryl methyl sites for hydroxylation is 2. The predicted molar refractivity (Wildman–Crippen MR) is 112 cm³/mol. The quantitative estimate of drug-likeness (QED) is 0.564. The van der Waals surface area contributed by atoms with Gasteiger partial charge < -0.3 is 15.6 Å². The Morgan fingerprint density at radius 3 is 2.47 bits per heavy atom. The Balaban J connectivity index is 1.92. The van der Waals surface area contributed by atoms with Gasteiger partial charge in [-0.05, 0) is 37.1 Å². The lowest BCUT2D eigenvalue weighted by Crippen LogP contribution is -2.47. The van der Waals surface area contributed by atoms with Gasteiger partial charge in [0.25, 0.3) is 11.8 Å². The van der Waals surface area contributed by atoms with Crippen molar-refractivity contribution in [1.82, 2.24) is 10.5 Å². The summed E-state index contributed by atoms with van der Waals surface area (Å²) in [7, 11) is 0. The van der Waals surface area contributed by atoms with Crippen molar-refractivity contribution in [1.29, 1.82) is 0 Å². The van der Waals surface area contributed by atoms with Crippen LogP contribution in [-0.4, -0.2) is 28.8 Å². The topological polar surface area (TPSA) is 115 Å². The largest absolute Gasteiger partial charge is 0.363 e. The number of hydrogen-bond donors (Lipinski definition) is 2. The standard InChI is InChI=1S/C22H20ClN3O4/c1-12-8-14(10-16(23)9-12)11-17(19(27)21(24)28)25-22(29)18-13(2)26-30-20(18)15-6-4-3-5-7-15/h3-10,17H,11H2,1-2H3,(H2,24,28)(H,25,29). The number of amides is 2. The van der Waals surface area contributed by atoms with E-state index in [4.69, 9.17) is 21.9 Å². The van der Waals surface area contributed by atoms with Gasteiger partial charge in [0, 0.05) is 17.0 Å². The van der Waals surface area contributed by atoms with Gasteiger partial charge in [0.05, 0.1) is 5.69 Å². The molecule has 7 nitrogen and oxygen atoms in total. The SMILES string of the molecule is Cc1cc(Cl)cc(CC(NC(=O)c2c(C)noc2-c2ccccc2)C(=O)C(N)=O)c1. The Morgan fingerprint density at radius 1 is 1.13 bits per heavy atom. The monoisotopic (exact) mass is 425 g/mol. The predicted octanol–water partition coefficient (Wildman–Crippen LogP) is 3.01. The third kappa shape index (κ3) is 4.75. The second-order valence-electron chi connectivity index (χ2n) is 6.93. The molecule has 3 rings (SSSR count). The van der Waals surface area contributed by atoms with E-state index in [1.165, 1.54) is 0 Å². The van der Waals surface area contributed by atoms with Crippen LogP contribution in [0.5, 0.6) is 0 Å². The Morgan fingerprint density at radius 2 is 1.83 bits per heavy atom. The van der Waals surface area contributed by atoms with E-state index in [0.717, 1.165) is 5.56 Å². The zero-order valence-electron chi connectivity index (χ0n) is 16.4. The fourth-order valence-corrected chi connectivity index (χ4v) is 3.51. The van der Waals surface area contributed by atoms with Crippen LogP contribution >= 0.6 is 11.6 Å². The molecule has 0 saturated heterocycles. The van der Waals surface area contributed by atoms with Crippen molar-refractivity contribution in [2.75, 3.05) is 0 Å². The second kappa shape index (κ2) is 8.92. The number of nitrogens with zero attached hydrogens (tertiary/aromatic N) is 1. The van der Waals surface area contributed by atoms with Crippen LogP contribution in [0, 0.1) is 13.8 Å². The molecule has 1 heterocycles. The number of aromatic nitrogens is 1. The lowest BCUT2D eigenvalue weighted by atomic mass is 9.99. The van der Waals surface area contributed by atoms with Gasteiger partial charge in [0.2, 0.25) is 5.78 Å². The Hall–Kier alpha value is -3.45. The van der Waals surface area contributed by atoms with Crippen LogP contribution in [0.15, 0.2) is 53.1 Å². The van der Waals surface area contributed by atoms with E-state index in [0.29, 0.717) is 21.8 Å². The van der Waals surface area contributed by atoms with Crippen LogP contribution in [0.4, 0.5) is 0 Å². The molecule has 154 valence electrons. The van der Waals surface area contributed by atoms with Gasteiger partial charge in [-0.3, -0.25) is 14.4 Å². The number of Topliss-reactive ketones (excluding diaryl/α,β-unsaturated/α-hetero) is 1. The Kier molecular flexibility index (Phi) is 6.32. The van der Waals surface area contributed by atoms with Crippen molar-refractivity contribution in [3.8, 4) is 11.3 Å². The molecule has 0 fully saturated rings. The van der Waals surface area contributed by atoms with Crippen molar-refractivity contribution in [3.63, 3.8) is 0 Å². The lowest BCUT2D eigenvalue weighted by molar-refractivity contribution is -0.137. The molecule has 30 heavy (non-hydrogen) atoms. The molecule has 0 spiro atoms. The molecule has 0 bridgehead atoms. The highest BCUT2D eigenvalue weighted by Gasteiger charge is 2.29. The van der Waals surface area contributed by atoms with Crippen LogP contribution in [0.3, 0.4) is 0 Å². The van der Waals surface area contributed by atoms with E-state index in [2.05, 4.69) is 10.5 Å². The number of rotatable bonds is 7. The van der Waals surface area contributed by atoms with Crippen LogP contribution in [0.2, 0.25) is 5.02 Å². The smallest absolute Gasteiger partial charge is 0.287 e. The molecule has 2 amide bonds. The van der Waals surface area contributed by atoms with Gasteiger partial charge in [-0.2, -0.15) is 0 Å². The number of hydrogen-bond acceptors (Lipinski definition) is 5. The molecule has 0 aliphatic carbocycles. The van der Waals surface area contributed by atoms with E-state index in [1.54, 1.807) is 43.3 Å². The zero-order valence-corrected chi connectivity index (χ0v) is 17.2. The molecule has 0 saturated carbocycles. The fourth-order valence-electron chi connectivity index (χ4n) is 3.20. The average Bonchev–Trinajstić information content (AvgIpc) is 3.08. The van der Waals surface area contributed by atoms with Gasteiger partial charge in [0.15, 0.2) is 5.76 Å². The number of primary amides is 1. The number of halogens is 1. The Bertz CT molecular complexity index is 1090. The lowest BCUT2D eigenvalue weighted by Gasteiger charge is -2.17. The van der Waals surface area contributed by atoms with E-state index in [-0.39, 0.29) is 17.7 Å². The number of nitrogens with one attached hydrogen (secondary N) is 1. The first-order chi connectivity index (χ1) is 14.3. The van der Waals surface area contributed by atoms with Crippen molar-refractivity contribution in [2.24, 2.45) is 5.73 Å². The van der Waals surface area contributed by atoms with Crippen molar-refractivity contribution >= 4 is 29.2 Å². The molecule has 1 unspecified atom stereocenters. The number of carbonyl (C=O) groups is 3. The average molecular weight is 426 g/mol. The summed E-state index contributed by atoms with van der Waals surface area (Å²) < 4.78 is 5.34. The summed E-state index contributed by atoms with van der Waals surface area (Å²) in [6.07, 6.45) is 0.0555. The third-order valence-electron chi connectivity index (χ3n) is 4.53. The summed E-state index contributed by atoms with van der Waals surface area (Å²) >= 11 is 6.09. The normalized spacial score (nSPS) is 11.7. The first kappa shape index (κ1) is 21.3. The summed E-state index contributed by atoms with van der Waals surface area (Å²) in [6, 6.07) is 13.1. The zero-order chi connectivity index (χ0) is 21.8. The minimum Gasteiger partial charge on any atom is -0.363 e. The van der Waals surface area contributed by atoms with Gasteiger partial charge >= 0.3 is 0 Å². The summed E-state index contributed by atoms with van der Waals surface area (Å²) in [5.74, 6) is -2.36. The molecule has 0 aliphatic heterocycles. The maximum Gasteiger partial charge on any atom is 0.287 e. The van der Waals surface area contributed by atoms with E-state index < -0.39 is 23.6 Å². The molecule has 3 N–H and O–H groups in total. The molecule has 1 aromatic heterocycles. The number of benzene rings is 2. The minimum absolute atomic E-state index is 0.0555. The highest BCUT2D eigenvalue weighted by atomic mass is 35.5. The number of nitrogens with two attached hydrogens (primary N) is 1. The summed E-state index contributed by atoms with van der Waals surface area (Å²) in [6.45, 7) is 3.47. The first-order valence-corrected chi connectivity index (χ1v) is 9.56. The van der Waals surface area contributed by atoms with Gasteiger partial charge in [-0.1, -0.05) is 53.2 Å². The molecule has 0 aliphatic rings. The Labute approximate surface area is 178 Å². The summed E-state index contributed by atoms with van der Waals surface area (Å²) in [5.41, 5.74) is 7.97. The molecular weight excluding hydrogens is 406 g/mol. The van der Waals surface area contributed by atoms with E-state index >= 15 is 0 Å². The van der Waals surface area contributed by atoms with Crippen LogP contribution in [0.1, 0.15) is 27.2 Å².